The maximum Gasteiger partial charge on any atom is 0.261 e. The van der Waals surface area contributed by atoms with E-state index in [1.807, 2.05) is 12.1 Å². The van der Waals surface area contributed by atoms with Gasteiger partial charge in [-0.25, -0.2) is 8.78 Å². The van der Waals surface area contributed by atoms with Gasteiger partial charge in [-0.05, 0) is 46.5 Å². The van der Waals surface area contributed by atoms with Gasteiger partial charge < -0.3 is 9.53 Å². The number of halogens is 2. The van der Waals surface area contributed by atoms with Gasteiger partial charge in [0.2, 0.25) is 0 Å². The Hall–Kier alpha value is -2.34. The van der Waals surface area contributed by atoms with E-state index in [2.05, 4.69) is 69.3 Å². The van der Waals surface area contributed by atoms with Gasteiger partial charge in [0, 0.05) is 12.2 Å². The van der Waals surface area contributed by atoms with E-state index in [1.165, 1.54) is 10.4 Å². The van der Waals surface area contributed by atoms with Gasteiger partial charge in [-0.15, -0.1) is 0 Å². The second-order valence-corrected chi connectivity index (χ2v) is 13.8. The molecule has 0 heterocycles. The summed E-state index contributed by atoms with van der Waals surface area (Å²) >= 11 is 0. The average Bonchev–Trinajstić information content (AvgIpc) is 2.80. The topological polar surface area (TPSA) is 29.5 Å². The van der Waals surface area contributed by atoms with Crippen LogP contribution in [0.5, 0.6) is 0 Å². The normalized spacial score (nSPS) is 13.2. The quantitative estimate of drug-likeness (QED) is 0.286. The van der Waals surface area contributed by atoms with E-state index in [4.69, 9.17) is 4.43 Å². The number of hydrogen-bond donors (Lipinski definition) is 1. The minimum Gasteiger partial charge on any atom is -0.407 e. The lowest BCUT2D eigenvalue weighted by molar-refractivity contribution is 0.157. The second kappa shape index (κ2) is 11.2. The van der Waals surface area contributed by atoms with Crippen molar-refractivity contribution in [2.45, 2.75) is 57.6 Å². The van der Waals surface area contributed by atoms with Crippen molar-refractivity contribution in [3.63, 3.8) is 0 Å². The van der Waals surface area contributed by atoms with E-state index in [1.54, 1.807) is 0 Å². The van der Waals surface area contributed by atoms with Crippen molar-refractivity contribution in [1.82, 2.24) is 0 Å². The Balaban J connectivity index is 1.65. The summed E-state index contributed by atoms with van der Waals surface area (Å²) in [6, 6.07) is 24.2. The molecule has 0 aliphatic heterocycles. The number of aliphatic hydroxyl groups is 1. The van der Waals surface area contributed by atoms with Crippen LogP contribution in [0.15, 0.2) is 78.9 Å². The lowest BCUT2D eigenvalue weighted by Crippen LogP contribution is -2.66. The molecule has 0 saturated heterocycles. The summed E-state index contributed by atoms with van der Waals surface area (Å²) in [4.78, 5) is 0. The molecule has 1 atom stereocenters. The van der Waals surface area contributed by atoms with Crippen LogP contribution in [0.1, 0.15) is 58.1 Å². The Morgan fingerprint density at radius 3 is 1.94 bits per heavy atom. The molecule has 2 nitrogen and oxygen atoms in total. The second-order valence-electron chi connectivity index (χ2n) is 9.54. The summed E-state index contributed by atoms with van der Waals surface area (Å²) in [5.41, 5.74) is 0.0264. The van der Waals surface area contributed by atoms with Gasteiger partial charge in [0.1, 0.15) is 11.6 Å². The van der Waals surface area contributed by atoms with Crippen molar-refractivity contribution >= 4 is 18.7 Å². The third kappa shape index (κ3) is 5.97. The Morgan fingerprint density at radius 2 is 1.39 bits per heavy atom. The molecule has 0 amide bonds. The molecule has 3 aromatic rings. The number of benzene rings is 3. The molecule has 0 saturated carbocycles. The smallest absolute Gasteiger partial charge is 0.261 e. The standard InChI is InChI=1S/C28H34F2O2Si/c1-28(2,3)33(23-13-7-4-8-14-23,24-15-9-5-10-16-24)32-20-12-6-11-17-27(31)25-21-22(29)18-19-26(25)30/h4-5,7-10,13-16,18-19,21,27,31H,6,11-12,17,20H2,1-3H3. The van der Waals surface area contributed by atoms with E-state index >= 15 is 0 Å². The summed E-state index contributed by atoms with van der Waals surface area (Å²) in [7, 11) is -2.54. The lowest BCUT2D eigenvalue weighted by Gasteiger charge is -2.43. The predicted molar refractivity (Wildman–Crippen MR) is 133 cm³/mol. The summed E-state index contributed by atoms with van der Waals surface area (Å²) in [6.07, 6.45) is 1.77. The highest BCUT2D eigenvalue weighted by molar-refractivity contribution is 6.99. The predicted octanol–water partition coefficient (Wildman–Crippen LogP) is 6.14. The van der Waals surface area contributed by atoms with Crippen LogP contribution < -0.4 is 10.4 Å². The molecule has 1 N–H and O–H groups in total. The zero-order valence-electron chi connectivity index (χ0n) is 19.7. The van der Waals surface area contributed by atoms with Crippen molar-refractivity contribution < 1.29 is 18.3 Å². The molecule has 0 aromatic heterocycles. The molecule has 5 heteroatoms. The van der Waals surface area contributed by atoms with Gasteiger partial charge >= 0.3 is 0 Å². The van der Waals surface area contributed by atoms with Crippen LogP contribution in [0.3, 0.4) is 0 Å². The SMILES string of the molecule is CC(C)(C)[Si](OCCCCCC(O)c1cc(F)ccc1F)(c1ccccc1)c1ccccc1. The fourth-order valence-corrected chi connectivity index (χ4v) is 9.13. The van der Waals surface area contributed by atoms with Gasteiger partial charge in [0.15, 0.2) is 0 Å². The highest BCUT2D eigenvalue weighted by Crippen LogP contribution is 2.37. The van der Waals surface area contributed by atoms with Crippen molar-refractivity contribution in [2.24, 2.45) is 0 Å². The largest absolute Gasteiger partial charge is 0.407 e. The summed E-state index contributed by atoms with van der Waals surface area (Å²) in [6.45, 7) is 7.37. The molecule has 33 heavy (non-hydrogen) atoms. The fourth-order valence-electron chi connectivity index (χ4n) is 4.53. The number of aliphatic hydroxyl groups excluding tert-OH is 1. The van der Waals surface area contributed by atoms with Crippen LogP contribution in [0.25, 0.3) is 0 Å². The van der Waals surface area contributed by atoms with E-state index in [9.17, 15) is 13.9 Å². The van der Waals surface area contributed by atoms with E-state index in [-0.39, 0.29) is 10.6 Å². The van der Waals surface area contributed by atoms with Crippen LogP contribution in [0, 0.1) is 11.6 Å². The van der Waals surface area contributed by atoms with Crippen molar-refractivity contribution in [1.29, 1.82) is 0 Å². The first-order valence-electron chi connectivity index (χ1n) is 11.6. The Labute approximate surface area is 197 Å². The Morgan fingerprint density at radius 1 is 0.818 bits per heavy atom. The maximum atomic E-state index is 13.9. The van der Waals surface area contributed by atoms with E-state index < -0.39 is 26.1 Å². The van der Waals surface area contributed by atoms with Gasteiger partial charge in [0.25, 0.3) is 8.32 Å². The molecule has 0 bridgehead atoms. The van der Waals surface area contributed by atoms with E-state index in [0.717, 1.165) is 31.0 Å². The Kier molecular flexibility index (Phi) is 8.57. The molecule has 176 valence electrons. The van der Waals surface area contributed by atoms with Crippen molar-refractivity contribution in [3.05, 3.63) is 96.1 Å². The molecule has 0 radical (unpaired) electrons. The molecule has 0 fully saturated rings. The van der Waals surface area contributed by atoms with Crippen LogP contribution in [0.4, 0.5) is 8.78 Å². The first-order chi connectivity index (χ1) is 15.8. The summed E-state index contributed by atoms with van der Waals surface area (Å²) in [5, 5.41) is 12.7. The Bertz CT molecular complexity index is 964. The maximum absolute atomic E-state index is 13.9. The van der Waals surface area contributed by atoms with Crippen LogP contribution in [-0.2, 0) is 4.43 Å². The van der Waals surface area contributed by atoms with Crippen LogP contribution in [0.2, 0.25) is 5.04 Å². The first-order valence-corrected chi connectivity index (χ1v) is 13.5. The highest BCUT2D eigenvalue weighted by atomic mass is 28.4. The molecular weight excluding hydrogens is 434 g/mol. The first kappa shape index (κ1) is 25.3. The third-order valence-electron chi connectivity index (χ3n) is 6.17. The van der Waals surface area contributed by atoms with Crippen LogP contribution >= 0.6 is 0 Å². The number of unbranched alkanes of at least 4 members (excludes halogenated alkanes) is 2. The molecular formula is C28H34F2O2Si. The molecule has 0 aliphatic rings. The molecule has 3 aromatic carbocycles. The van der Waals surface area contributed by atoms with Gasteiger partial charge in [-0.2, -0.15) is 0 Å². The lowest BCUT2D eigenvalue weighted by atomic mass is 10.0. The zero-order chi connectivity index (χ0) is 23.9. The molecule has 0 aliphatic carbocycles. The number of hydrogen-bond acceptors (Lipinski definition) is 2. The van der Waals surface area contributed by atoms with E-state index in [0.29, 0.717) is 19.4 Å². The molecule has 3 rings (SSSR count). The average molecular weight is 469 g/mol. The van der Waals surface area contributed by atoms with Gasteiger partial charge in [-0.3, -0.25) is 0 Å². The summed E-state index contributed by atoms with van der Waals surface area (Å²) in [5.74, 6) is -1.11. The highest BCUT2D eigenvalue weighted by Gasteiger charge is 2.49. The zero-order valence-corrected chi connectivity index (χ0v) is 20.7. The third-order valence-corrected chi connectivity index (χ3v) is 11.2. The van der Waals surface area contributed by atoms with Crippen LogP contribution in [-0.4, -0.2) is 20.0 Å². The summed E-state index contributed by atoms with van der Waals surface area (Å²) < 4.78 is 34.1. The van der Waals surface area contributed by atoms with Gasteiger partial charge in [-0.1, -0.05) is 94.3 Å². The minimum atomic E-state index is -2.54. The number of rotatable bonds is 10. The van der Waals surface area contributed by atoms with Crippen molar-refractivity contribution in [3.8, 4) is 0 Å². The minimum absolute atomic E-state index is 0.0264. The molecule has 0 spiro atoms. The van der Waals surface area contributed by atoms with Crippen molar-refractivity contribution in [2.75, 3.05) is 6.61 Å². The van der Waals surface area contributed by atoms with Gasteiger partial charge in [0.05, 0.1) is 6.10 Å². The molecule has 1 unspecified atom stereocenters. The monoisotopic (exact) mass is 468 g/mol. The fraction of sp³-hybridized carbons (Fsp3) is 0.357.